The number of nitrogens with two attached hydrogens (primary N) is 1. The van der Waals surface area contributed by atoms with Crippen molar-refractivity contribution in [2.24, 2.45) is 5.73 Å². The van der Waals surface area contributed by atoms with Gasteiger partial charge in [0.2, 0.25) is 0 Å². The summed E-state index contributed by atoms with van der Waals surface area (Å²) in [6, 6.07) is 2.15. The van der Waals surface area contributed by atoms with E-state index in [1.165, 1.54) is 18.4 Å². The Morgan fingerprint density at radius 2 is 2.33 bits per heavy atom. The summed E-state index contributed by atoms with van der Waals surface area (Å²) in [6.45, 7) is 3.08. The quantitative estimate of drug-likeness (QED) is 0.647. The van der Waals surface area contributed by atoms with Gasteiger partial charge in [0.05, 0.1) is 0 Å². The van der Waals surface area contributed by atoms with Crippen LogP contribution in [0.1, 0.15) is 37.7 Å². The fraction of sp³-hybridized carbons (Fsp3) is 0.600. The number of aromatic amines is 1. The fourth-order valence-electron chi connectivity index (χ4n) is 1.40. The Balaban J connectivity index is 2.25. The molecule has 12 heavy (non-hydrogen) atoms. The zero-order valence-electron chi connectivity index (χ0n) is 7.72. The molecule has 0 aromatic carbocycles. The highest BCUT2D eigenvalue weighted by Gasteiger charge is 2.03. The molecule has 0 saturated heterocycles. The van der Waals surface area contributed by atoms with Crippen molar-refractivity contribution in [1.82, 2.24) is 4.98 Å². The minimum absolute atomic E-state index is 0.669. The molecule has 1 aromatic rings. The first-order valence-corrected chi connectivity index (χ1v) is 4.67. The van der Waals surface area contributed by atoms with E-state index in [2.05, 4.69) is 24.2 Å². The van der Waals surface area contributed by atoms with Crippen LogP contribution < -0.4 is 5.73 Å². The van der Waals surface area contributed by atoms with Crippen LogP contribution in [0, 0.1) is 0 Å². The van der Waals surface area contributed by atoms with Gasteiger partial charge in [-0.25, -0.2) is 0 Å². The zero-order valence-corrected chi connectivity index (χ0v) is 7.72. The van der Waals surface area contributed by atoms with E-state index in [4.69, 9.17) is 5.73 Å². The number of nitrogens with one attached hydrogen (secondary N) is 1. The predicted octanol–water partition coefficient (Wildman–Crippen LogP) is 2.25. The first kappa shape index (κ1) is 9.33. The summed E-state index contributed by atoms with van der Waals surface area (Å²) in [5.41, 5.74) is 6.84. The second-order valence-electron chi connectivity index (χ2n) is 3.33. The third kappa shape index (κ3) is 2.70. The number of aromatic nitrogens is 1. The van der Waals surface area contributed by atoms with Crippen molar-refractivity contribution >= 4 is 0 Å². The van der Waals surface area contributed by atoms with Crippen LogP contribution in [0.25, 0.3) is 0 Å². The monoisotopic (exact) mass is 166 g/mol. The lowest BCUT2D eigenvalue weighted by Crippen LogP contribution is -1.99. The lowest BCUT2D eigenvalue weighted by Gasteiger charge is -2.07. The van der Waals surface area contributed by atoms with E-state index in [9.17, 15) is 0 Å². The number of unbranched alkanes of at least 4 members (excludes halogenated alkanes) is 1. The van der Waals surface area contributed by atoms with Crippen LogP contribution in [0.15, 0.2) is 18.5 Å². The van der Waals surface area contributed by atoms with E-state index in [-0.39, 0.29) is 0 Å². The van der Waals surface area contributed by atoms with Crippen molar-refractivity contribution in [3.63, 3.8) is 0 Å². The zero-order chi connectivity index (χ0) is 8.81. The minimum Gasteiger partial charge on any atom is -0.367 e. The molecule has 0 aliphatic rings. The molecule has 68 valence electrons. The Hall–Kier alpha value is -0.760. The van der Waals surface area contributed by atoms with Crippen molar-refractivity contribution in [3.05, 3.63) is 24.0 Å². The van der Waals surface area contributed by atoms with Crippen molar-refractivity contribution < 1.29 is 0 Å². The standard InChI is InChI=1S/C10H18N2/c1-9(4-2-3-6-11)10-5-7-12-8-10/h5,7-9,12H,2-4,6,11H2,1H3. The van der Waals surface area contributed by atoms with Crippen molar-refractivity contribution in [1.29, 1.82) is 0 Å². The van der Waals surface area contributed by atoms with Gasteiger partial charge < -0.3 is 10.7 Å². The van der Waals surface area contributed by atoms with Gasteiger partial charge >= 0.3 is 0 Å². The fourth-order valence-corrected chi connectivity index (χ4v) is 1.40. The summed E-state index contributed by atoms with van der Waals surface area (Å²) in [5, 5.41) is 0. The summed E-state index contributed by atoms with van der Waals surface area (Å²) in [7, 11) is 0. The smallest absolute Gasteiger partial charge is 0.00400 e. The molecule has 0 bridgehead atoms. The highest BCUT2D eigenvalue weighted by Crippen LogP contribution is 2.20. The molecular weight excluding hydrogens is 148 g/mol. The molecule has 1 unspecified atom stereocenters. The first-order chi connectivity index (χ1) is 5.84. The second kappa shape index (κ2) is 4.99. The van der Waals surface area contributed by atoms with E-state index < -0.39 is 0 Å². The van der Waals surface area contributed by atoms with Gasteiger partial charge in [0, 0.05) is 12.4 Å². The van der Waals surface area contributed by atoms with Gasteiger partial charge in [0.15, 0.2) is 0 Å². The molecule has 0 spiro atoms. The lowest BCUT2D eigenvalue weighted by atomic mass is 9.98. The van der Waals surface area contributed by atoms with Crippen LogP contribution in [0.5, 0.6) is 0 Å². The Bertz CT molecular complexity index is 192. The van der Waals surface area contributed by atoms with E-state index in [1.54, 1.807) is 0 Å². The maximum atomic E-state index is 5.43. The molecule has 0 radical (unpaired) electrons. The van der Waals surface area contributed by atoms with Gasteiger partial charge in [-0.05, 0) is 36.9 Å². The maximum Gasteiger partial charge on any atom is 0.00400 e. The van der Waals surface area contributed by atoms with Gasteiger partial charge in [-0.1, -0.05) is 13.3 Å². The third-order valence-electron chi connectivity index (χ3n) is 2.28. The Labute approximate surface area is 74.2 Å². The Morgan fingerprint density at radius 3 is 2.92 bits per heavy atom. The molecule has 0 saturated carbocycles. The van der Waals surface area contributed by atoms with Crippen LogP contribution in [0.4, 0.5) is 0 Å². The van der Waals surface area contributed by atoms with E-state index in [0.29, 0.717) is 5.92 Å². The van der Waals surface area contributed by atoms with Crippen molar-refractivity contribution in [2.75, 3.05) is 6.54 Å². The topological polar surface area (TPSA) is 41.8 Å². The van der Waals surface area contributed by atoms with E-state index >= 15 is 0 Å². The van der Waals surface area contributed by atoms with Gasteiger partial charge in [-0.15, -0.1) is 0 Å². The van der Waals surface area contributed by atoms with Crippen molar-refractivity contribution in [2.45, 2.75) is 32.1 Å². The molecular formula is C10H18N2. The number of H-pyrrole nitrogens is 1. The highest BCUT2D eigenvalue weighted by molar-refractivity contribution is 5.13. The summed E-state index contributed by atoms with van der Waals surface area (Å²) < 4.78 is 0. The first-order valence-electron chi connectivity index (χ1n) is 4.67. The van der Waals surface area contributed by atoms with Gasteiger partial charge in [0.1, 0.15) is 0 Å². The number of hydrogen-bond donors (Lipinski definition) is 2. The second-order valence-corrected chi connectivity index (χ2v) is 3.33. The Kier molecular flexibility index (Phi) is 3.88. The normalized spacial score (nSPS) is 13.2. The van der Waals surface area contributed by atoms with E-state index in [0.717, 1.165) is 13.0 Å². The third-order valence-corrected chi connectivity index (χ3v) is 2.28. The molecule has 1 heterocycles. The molecule has 2 nitrogen and oxygen atoms in total. The molecule has 2 heteroatoms. The average molecular weight is 166 g/mol. The molecule has 1 rings (SSSR count). The minimum atomic E-state index is 0.669. The van der Waals surface area contributed by atoms with E-state index in [1.807, 2.05) is 6.20 Å². The van der Waals surface area contributed by atoms with Gasteiger partial charge in [-0.2, -0.15) is 0 Å². The summed E-state index contributed by atoms with van der Waals surface area (Å²) in [5.74, 6) is 0.669. The average Bonchev–Trinajstić information content (AvgIpc) is 2.56. The molecule has 1 atom stereocenters. The summed E-state index contributed by atoms with van der Waals surface area (Å²) in [6.07, 6.45) is 7.69. The molecule has 0 aliphatic carbocycles. The lowest BCUT2D eigenvalue weighted by molar-refractivity contribution is 0.610. The highest BCUT2D eigenvalue weighted by atomic mass is 14.6. The largest absolute Gasteiger partial charge is 0.367 e. The molecule has 3 N–H and O–H groups in total. The van der Waals surface area contributed by atoms with Crippen molar-refractivity contribution in [3.8, 4) is 0 Å². The number of hydrogen-bond acceptors (Lipinski definition) is 1. The van der Waals surface area contributed by atoms with Crippen LogP contribution >= 0.6 is 0 Å². The molecule has 1 aromatic heterocycles. The SMILES string of the molecule is CC(CCCCN)c1cc[nH]c1. The van der Waals surface area contributed by atoms with Crippen LogP contribution in [0.2, 0.25) is 0 Å². The Morgan fingerprint density at radius 1 is 1.50 bits per heavy atom. The maximum absolute atomic E-state index is 5.43. The summed E-state index contributed by atoms with van der Waals surface area (Å²) in [4.78, 5) is 3.08. The molecule has 0 amide bonds. The summed E-state index contributed by atoms with van der Waals surface area (Å²) >= 11 is 0. The van der Waals surface area contributed by atoms with Gasteiger partial charge in [0.25, 0.3) is 0 Å². The number of rotatable bonds is 5. The molecule has 0 aliphatic heterocycles. The van der Waals surface area contributed by atoms with Gasteiger partial charge in [-0.3, -0.25) is 0 Å². The van der Waals surface area contributed by atoms with Crippen LogP contribution in [0.3, 0.4) is 0 Å². The van der Waals surface area contributed by atoms with Crippen LogP contribution in [-0.2, 0) is 0 Å². The van der Waals surface area contributed by atoms with Crippen LogP contribution in [-0.4, -0.2) is 11.5 Å². The molecule has 0 fully saturated rings. The predicted molar refractivity (Wildman–Crippen MR) is 52.1 cm³/mol.